The maximum Gasteiger partial charge on any atom is 0.231 e. The molecular weight excluding hydrogens is 260 g/mol. The van der Waals surface area contributed by atoms with Crippen LogP contribution >= 0.6 is 22.9 Å². The summed E-state index contributed by atoms with van der Waals surface area (Å²) < 4.78 is 11.0. The zero-order valence-electron chi connectivity index (χ0n) is 8.60. The molecule has 1 aliphatic rings. The van der Waals surface area contributed by atoms with Gasteiger partial charge in [-0.2, -0.15) is 0 Å². The molecule has 0 bridgehead atoms. The highest BCUT2D eigenvalue weighted by atomic mass is 35.5. The van der Waals surface area contributed by atoms with E-state index >= 15 is 0 Å². The number of ether oxygens (including phenoxy) is 2. The third kappa shape index (κ3) is 1.90. The molecule has 0 spiro atoms. The fourth-order valence-corrected chi connectivity index (χ4v) is 2.62. The molecule has 0 radical (unpaired) electrons. The van der Waals surface area contributed by atoms with Gasteiger partial charge in [-0.3, -0.25) is 4.79 Å². The van der Waals surface area contributed by atoms with Crippen LogP contribution in [0.3, 0.4) is 0 Å². The van der Waals surface area contributed by atoms with E-state index in [4.69, 9.17) is 21.1 Å². The number of hydrogen-bond donors (Lipinski definition) is 0. The average Bonchev–Trinajstić information content (AvgIpc) is 2.95. The summed E-state index contributed by atoms with van der Waals surface area (Å²) in [5.74, 6) is 1.23. The van der Waals surface area contributed by atoms with Crippen molar-refractivity contribution in [3.63, 3.8) is 0 Å². The predicted octanol–water partition coefficient (Wildman–Crippen LogP) is 3.36. The fourth-order valence-electron chi connectivity index (χ4n) is 1.62. The topological polar surface area (TPSA) is 35.5 Å². The van der Waals surface area contributed by atoms with Gasteiger partial charge in [-0.15, -0.1) is 11.3 Å². The van der Waals surface area contributed by atoms with Crippen LogP contribution in [0.2, 0.25) is 4.34 Å². The van der Waals surface area contributed by atoms with Crippen LogP contribution in [-0.4, -0.2) is 12.6 Å². The number of ketones is 1. The second-order valence-electron chi connectivity index (χ2n) is 3.50. The van der Waals surface area contributed by atoms with Gasteiger partial charge >= 0.3 is 0 Å². The Morgan fingerprint density at radius 3 is 2.76 bits per heavy atom. The van der Waals surface area contributed by atoms with Crippen molar-refractivity contribution in [1.29, 1.82) is 0 Å². The lowest BCUT2D eigenvalue weighted by molar-refractivity contribution is 0.104. The van der Waals surface area contributed by atoms with Crippen LogP contribution in [0, 0.1) is 0 Å². The lowest BCUT2D eigenvalue weighted by Crippen LogP contribution is -1.98. The summed E-state index contributed by atoms with van der Waals surface area (Å²) in [5, 5.41) is 0. The van der Waals surface area contributed by atoms with E-state index in [-0.39, 0.29) is 12.6 Å². The van der Waals surface area contributed by atoms with E-state index in [2.05, 4.69) is 0 Å². The van der Waals surface area contributed by atoms with Gasteiger partial charge in [0.2, 0.25) is 12.6 Å². The number of thiophene rings is 1. The molecule has 2 heterocycles. The molecule has 17 heavy (non-hydrogen) atoms. The molecule has 0 amide bonds. The summed E-state index contributed by atoms with van der Waals surface area (Å²) in [5.41, 5.74) is 0.577. The van der Waals surface area contributed by atoms with Gasteiger partial charge in [0.25, 0.3) is 0 Å². The molecule has 0 atom stereocenters. The number of carbonyl (C=O) groups excluding carboxylic acids is 1. The largest absolute Gasteiger partial charge is 0.454 e. The molecule has 5 heteroatoms. The Balaban J connectivity index is 1.97. The number of rotatable bonds is 2. The normalized spacial score (nSPS) is 12.8. The van der Waals surface area contributed by atoms with Crippen molar-refractivity contribution in [3.05, 3.63) is 45.1 Å². The minimum Gasteiger partial charge on any atom is -0.454 e. The summed E-state index contributed by atoms with van der Waals surface area (Å²) in [6.07, 6.45) is 0. The van der Waals surface area contributed by atoms with Crippen molar-refractivity contribution in [3.8, 4) is 11.5 Å². The Morgan fingerprint density at radius 1 is 1.18 bits per heavy atom. The van der Waals surface area contributed by atoms with Gasteiger partial charge in [0, 0.05) is 5.56 Å². The van der Waals surface area contributed by atoms with Crippen molar-refractivity contribution >= 4 is 28.7 Å². The molecule has 0 fully saturated rings. The van der Waals surface area contributed by atoms with Gasteiger partial charge in [-0.1, -0.05) is 11.6 Å². The molecule has 1 aliphatic heterocycles. The van der Waals surface area contributed by atoms with Crippen molar-refractivity contribution in [1.82, 2.24) is 0 Å². The van der Waals surface area contributed by atoms with Gasteiger partial charge in [-0.25, -0.2) is 0 Å². The fraction of sp³-hybridized carbons (Fsp3) is 0.0833. The van der Waals surface area contributed by atoms with Crippen molar-refractivity contribution in [2.24, 2.45) is 0 Å². The molecule has 3 nitrogen and oxygen atoms in total. The van der Waals surface area contributed by atoms with Crippen LogP contribution in [0.1, 0.15) is 15.2 Å². The molecule has 1 aromatic carbocycles. The minimum absolute atomic E-state index is 0.0554. The first-order chi connectivity index (χ1) is 8.24. The lowest BCUT2D eigenvalue weighted by Gasteiger charge is -2.00. The van der Waals surface area contributed by atoms with Crippen LogP contribution in [0.25, 0.3) is 0 Å². The summed E-state index contributed by atoms with van der Waals surface area (Å²) in [6.45, 7) is 0.206. The zero-order chi connectivity index (χ0) is 11.8. The van der Waals surface area contributed by atoms with E-state index in [1.54, 1.807) is 30.3 Å². The Kier molecular flexibility index (Phi) is 2.53. The molecule has 0 saturated carbocycles. The van der Waals surface area contributed by atoms with Gasteiger partial charge in [-0.05, 0) is 30.3 Å². The first-order valence-corrected chi connectivity index (χ1v) is 6.13. The second kappa shape index (κ2) is 4.05. The van der Waals surface area contributed by atoms with Crippen LogP contribution in [-0.2, 0) is 0 Å². The third-order valence-electron chi connectivity index (χ3n) is 2.43. The Morgan fingerprint density at radius 2 is 2.00 bits per heavy atom. The van der Waals surface area contributed by atoms with Gasteiger partial charge in [0.05, 0.1) is 9.21 Å². The summed E-state index contributed by atoms with van der Waals surface area (Å²) >= 11 is 7.08. The molecule has 1 aromatic heterocycles. The van der Waals surface area contributed by atoms with Gasteiger partial charge in [0.1, 0.15) is 0 Å². The molecule has 0 saturated heterocycles. The Bertz CT molecular complexity index is 591. The third-order valence-corrected chi connectivity index (χ3v) is 3.66. The lowest BCUT2D eigenvalue weighted by atomic mass is 10.1. The predicted molar refractivity (Wildman–Crippen MR) is 65.3 cm³/mol. The maximum absolute atomic E-state index is 12.1. The highest BCUT2D eigenvalue weighted by Gasteiger charge is 2.17. The highest BCUT2D eigenvalue weighted by molar-refractivity contribution is 7.18. The number of benzene rings is 1. The Labute approximate surface area is 107 Å². The first-order valence-electron chi connectivity index (χ1n) is 4.94. The van der Waals surface area contributed by atoms with Crippen LogP contribution in [0.4, 0.5) is 0 Å². The Hall–Kier alpha value is -1.52. The number of hydrogen-bond acceptors (Lipinski definition) is 4. The van der Waals surface area contributed by atoms with E-state index in [1.165, 1.54) is 11.3 Å². The molecule has 86 valence electrons. The standard InChI is InChI=1S/C12H7ClO3S/c13-11-4-3-10(17-11)12(14)7-1-2-8-9(5-7)16-6-15-8/h1-5H,6H2. The monoisotopic (exact) mass is 266 g/mol. The van der Waals surface area contributed by atoms with Crippen LogP contribution in [0.15, 0.2) is 30.3 Å². The maximum atomic E-state index is 12.1. The quantitative estimate of drug-likeness (QED) is 0.782. The van der Waals surface area contributed by atoms with Crippen LogP contribution < -0.4 is 9.47 Å². The summed E-state index contributed by atoms with van der Waals surface area (Å²) in [7, 11) is 0. The number of halogens is 1. The van der Waals surface area contributed by atoms with E-state index in [9.17, 15) is 4.79 Å². The van der Waals surface area contributed by atoms with Gasteiger partial charge in [0.15, 0.2) is 11.5 Å². The summed E-state index contributed by atoms with van der Waals surface area (Å²) in [6, 6.07) is 8.60. The summed E-state index contributed by atoms with van der Waals surface area (Å²) in [4.78, 5) is 12.7. The van der Waals surface area contributed by atoms with E-state index in [1.807, 2.05) is 0 Å². The average molecular weight is 267 g/mol. The van der Waals surface area contributed by atoms with Crippen molar-refractivity contribution in [2.45, 2.75) is 0 Å². The van der Waals surface area contributed by atoms with E-state index in [0.717, 1.165) is 0 Å². The minimum atomic E-state index is -0.0554. The molecule has 0 aliphatic carbocycles. The van der Waals surface area contributed by atoms with Crippen LogP contribution in [0.5, 0.6) is 11.5 Å². The van der Waals surface area contributed by atoms with E-state index < -0.39 is 0 Å². The van der Waals surface area contributed by atoms with Crippen molar-refractivity contribution in [2.75, 3.05) is 6.79 Å². The zero-order valence-corrected chi connectivity index (χ0v) is 10.2. The van der Waals surface area contributed by atoms with E-state index in [0.29, 0.717) is 26.3 Å². The molecule has 0 unspecified atom stereocenters. The molecule has 3 rings (SSSR count). The second-order valence-corrected chi connectivity index (χ2v) is 5.22. The number of fused-ring (bicyclic) bond motifs is 1. The first kappa shape index (κ1) is 10.6. The smallest absolute Gasteiger partial charge is 0.231 e. The molecule has 2 aromatic rings. The molecular formula is C12H7ClO3S. The highest BCUT2D eigenvalue weighted by Crippen LogP contribution is 2.33. The van der Waals surface area contributed by atoms with Crippen molar-refractivity contribution < 1.29 is 14.3 Å². The SMILES string of the molecule is O=C(c1ccc2c(c1)OCO2)c1ccc(Cl)s1. The number of carbonyl (C=O) groups is 1. The van der Waals surface area contributed by atoms with Gasteiger partial charge < -0.3 is 9.47 Å². The molecule has 0 N–H and O–H groups in total.